The Bertz CT molecular complexity index is 859. The molecular weight excluding hydrogens is 338 g/mol. The number of imide groups is 1. The van der Waals surface area contributed by atoms with Crippen LogP contribution in [-0.4, -0.2) is 21.8 Å². The number of carbonyl (C=O) groups is 2. The zero-order chi connectivity index (χ0) is 20.1. The Hall–Kier alpha value is -2.62. The summed E-state index contributed by atoms with van der Waals surface area (Å²) in [4.78, 5) is 26.7. The van der Waals surface area contributed by atoms with E-state index in [0.717, 1.165) is 16.7 Å². The molecule has 0 unspecified atom stereocenters. The van der Waals surface area contributed by atoms with Gasteiger partial charge in [-0.05, 0) is 51.8 Å². The monoisotopic (exact) mass is 365 g/mol. The summed E-state index contributed by atoms with van der Waals surface area (Å²) in [6, 6.07) is 10.7. The van der Waals surface area contributed by atoms with E-state index in [4.69, 9.17) is 0 Å². The van der Waals surface area contributed by atoms with Crippen LogP contribution in [0.25, 0.3) is 0 Å². The first-order valence-electron chi connectivity index (χ1n) is 9.23. The van der Waals surface area contributed by atoms with E-state index in [1.165, 1.54) is 4.90 Å². The van der Waals surface area contributed by atoms with Crippen LogP contribution >= 0.6 is 0 Å². The number of fused-ring (bicyclic) bond motifs is 1. The van der Waals surface area contributed by atoms with Gasteiger partial charge in [-0.3, -0.25) is 14.5 Å². The van der Waals surface area contributed by atoms with Gasteiger partial charge in [0.25, 0.3) is 11.8 Å². The molecule has 0 atom stereocenters. The number of amides is 2. The van der Waals surface area contributed by atoms with Crippen molar-refractivity contribution in [1.29, 1.82) is 0 Å². The average Bonchev–Trinajstić information content (AvgIpc) is 2.79. The Morgan fingerprint density at radius 1 is 0.815 bits per heavy atom. The van der Waals surface area contributed by atoms with Gasteiger partial charge in [0.1, 0.15) is 5.75 Å². The molecule has 4 nitrogen and oxygen atoms in total. The van der Waals surface area contributed by atoms with Gasteiger partial charge in [-0.15, -0.1) is 0 Å². The summed E-state index contributed by atoms with van der Waals surface area (Å²) < 4.78 is 0. The highest BCUT2D eigenvalue weighted by Crippen LogP contribution is 2.40. The number of benzene rings is 2. The zero-order valence-electron chi connectivity index (χ0n) is 16.9. The molecule has 0 radical (unpaired) electrons. The van der Waals surface area contributed by atoms with Crippen molar-refractivity contribution in [3.05, 3.63) is 64.2 Å². The minimum atomic E-state index is -0.265. The molecule has 1 aliphatic rings. The Morgan fingerprint density at radius 3 is 1.59 bits per heavy atom. The topological polar surface area (TPSA) is 57.6 Å². The van der Waals surface area contributed by atoms with Gasteiger partial charge >= 0.3 is 0 Å². The van der Waals surface area contributed by atoms with E-state index in [2.05, 4.69) is 0 Å². The van der Waals surface area contributed by atoms with Crippen LogP contribution < -0.4 is 0 Å². The van der Waals surface area contributed by atoms with Gasteiger partial charge in [-0.1, -0.05) is 53.7 Å². The number of phenolic OH excluding ortho intramolecular Hbond substituents is 1. The maximum atomic E-state index is 12.7. The molecule has 1 heterocycles. The molecule has 27 heavy (non-hydrogen) atoms. The maximum Gasteiger partial charge on any atom is 0.261 e. The molecule has 0 spiro atoms. The fourth-order valence-corrected chi connectivity index (χ4v) is 3.49. The summed E-state index contributed by atoms with van der Waals surface area (Å²) in [5.41, 5.74) is 2.87. The van der Waals surface area contributed by atoms with Crippen molar-refractivity contribution in [3.8, 4) is 5.75 Å². The molecule has 2 aromatic carbocycles. The average molecular weight is 365 g/mol. The van der Waals surface area contributed by atoms with Gasteiger partial charge < -0.3 is 5.11 Å². The van der Waals surface area contributed by atoms with Gasteiger partial charge in [0.05, 0.1) is 17.7 Å². The molecule has 1 aliphatic heterocycles. The largest absolute Gasteiger partial charge is 0.507 e. The molecule has 0 saturated carbocycles. The van der Waals surface area contributed by atoms with Crippen LogP contribution in [0, 0.1) is 0 Å². The maximum absolute atomic E-state index is 12.7. The molecule has 2 amide bonds. The van der Waals surface area contributed by atoms with Crippen molar-refractivity contribution in [1.82, 2.24) is 4.90 Å². The first-order chi connectivity index (χ1) is 12.4. The highest BCUT2D eigenvalue weighted by atomic mass is 16.3. The van der Waals surface area contributed by atoms with E-state index >= 15 is 0 Å². The second-order valence-electron chi connectivity index (χ2n) is 9.28. The SMILES string of the molecule is CC(C)(C)c1cc(CN2C(=O)c3ccccc3C2=O)cc(C(C)(C)C)c1O. The fraction of sp³-hybridized carbons (Fsp3) is 0.391. The first kappa shape index (κ1) is 19.2. The van der Waals surface area contributed by atoms with Crippen molar-refractivity contribution in [2.45, 2.75) is 58.9 Å². The number of phenols is 1. The summed E-state index contributed by atoms with van der Waals surface area (Å²) in [5, 5.41) is 10.8. The van der Waals surface area contributed by atoms with E-state index in [9.17, 15) is 14.7 Å². The minimum absolute atomic E-state index is 0.193. The van der Waals surface area contributed by atoms with Crippen LogP contribution in [-0.2, 0) is 17.4 Å². The van der Waals surface area contributed by atoms with Gasteiger partial charge in [-0.25, -0.2) is 0 Å². The first-order valence-corrected chi connectivity index (χ1v) is 9.23. The molecule has 0 saturated heterocycles. The van der Waals surface area contributed by atoms with E-state index in [1.54, 1.807) is 24.3 Å². The number of hydrogen-bond donors (Lipinski definition) is 1. The molecule has 4 heteroatoms. The standard InChI is InChI=1S/C23H27NO3/c1-22(2,3)17-11-14(12-18(19(17)25)23(4,5)6)13-24-20(26)15-9-7-8-10-16(15)21(24)27/h7-12,25H,13H2,1-6H3. The van der Waals surface area contributed by atoms with Gasteiger partial charge in [-0.2, -0.15) is 0 Å². The third-order valence-electron chi connectivity index (χ3n) is 5.00. The highest BCUT2D eigenvalue weighted by Gasteiger charge is 2.35. The van der Waals surface area contributed by atoms with Crippen molar-refractivity contribution in [2.24, 2.45) is 0 Å². The van der Waals surface area contributed by atoms with E-state index < -0.39 is 0 Å². The summed E-state index contributed by atoms with van der Waals surface area (Å²) in [7, 11) is 0. The third-order valence-corrected chi connectivity index (χ3v) is 5.00. The summed E-state index contributed by atoms with van der Waals surface area (Å²) >= 11 is 0. The van der Waals surface area contributed by atoms with Crippen molar-refractivity contribution < 1.29 is 14.7 Å². The normalized spacial score (nSPS) is 14.7. The van der Waals surface area contributed by atoms with E-state index in [0.29, 0.717) is 16.9 Å². The smallest absolute Gasteiger partial charge is 0.261 e. The molecule has 0 bridgehead atoms. The number of rotatable bonds is 2. The Labute approximate surface area is 160 Å². The van der Waals surface area contributed by atoms with Crippen molar-refractivity contribution in [2.75, 3.05) is 0 Å². The van der Waals surface area contributed by atoms with Gasteiger partial charge in [0.2, 0.25) is 0 Å². The summed E-state index contributed by atoms with van der Waals surface area (Å²) in [6.45, 7) is 12.4. The molecule has 142 valence electrons. The van der Waals surface area contributed by atoms with Crippen LogP contribution in [0.2, 0.25) is 0 Å². The molecule has 0 aliphatic carbocycles. The number of hydrogen-bond acceptors (Lipinski definition) is 3. The van der Waals surface area contributed by atoms with Crippen molar-refractivity contribution >= 4 is 11.8 Å². The van der Waals surface area contributed by atoms with Crippen LogP contribution in [0.5, 0.6) is 5.75 Å². The van der Waals surface area contributed by atoms with E-state index in [-0.39, 0.29) is 29.2 Å². The third kappa shape index (κ3) is 3.36. The lowest BCUT2D eigenvalue weighted by Gasteiger charge is -2.29. The predicted molar refractivity (Wildman–Crippen MR) is 106 cm³/mol. The number of nitrogens with zero attached hydrogens (tertiary/aromatic N) is 1. The lowest BCUT2D eigenvalue weighted by atomic mass is 9.78. The molecule has 3 rings (SSSR count). The fourth-order valence-electron chi connectivity index (χ4n) is 3.49. The number of carbonyl (C=O) groups excluding carboxylic acids is 2. The summed E-state index contributed by atoms with van der Waals surface area (Å²) in [5.74, 6) is -0.238. The quantitative estimate of drug-likeness (QED) is 0.779. The Balaban J connectivity index is 2.06. The second-order valence-corrected chi connectivity index (χ2v) is 9.28. The molecule has 1 N–H and O–H groups in total. The van der Waals surface area contributed by atoms with Crippen LogP contribution in [0.3, 0.4) is 0 Å². The summed E-state index contributed by atoms with van der Waals surface area (Å²) in [6.07, 6.45) is 0. The zero-order valence-corrected chi connectivity index (χ0v) is 16.9. The molecule has 2 aromatic rings. The van der Waals surface area contributed by atoms with Gasteiger partial charge in [0.15, 0.2) is 0 Å². The lowest BCUT2D eigenvalue weighted by Crippen LogP contribution is -2.29. The second kappa shape index (κ2) is 6.22. The van der Waals surface area contributed by atoms with Crippen LogP contribution in [0.1, 0.15) is 78.9 Å². The molecule has 0 fully saturated rings. The van der Waals surface area contributed by atoms with Crippen LogP contribution in [0.4, 0.5) is 0 Å². The predicted octanol–water partition coefficient (Wildman–Crippen LogP) is 4.78. The van der Waals surface area contributed by atoms with Crippen LogP contribution in [0.15, 0.2) is 36.4 Å². The Morgan fingerprint density at radius 2 is 1.22 bits per heavy atom. The number of aromatic hydroxyl groups is 1. The molecule has 0 aromatic heterocycles. The van der Waals surface area contributed by atoms with Gasteiger partial charge in [0, 0.05) is 0 Å². The minimum Gasteiger partial charge on any atom is -0.507 e. The molecular formula is C23H27NO3. The Kier molecular flexibility index (Phi) is 4.41. The van der Waals surface area contributed by atoms with Crippen molar-refractivity contribution in [3.63, 3.8) is 0 Å². The lowest BCUT2D eigenvalue weighted by molar-refractivity contribution is 0.0642. The van der Waals surface area contributed by atoms with E-state index in [1.807, 2.05) is 53.7 Å². The highest BCUT2D eigenvalue weighted by molar-refractivity contribution is 6.21.